The second-order valence-corrected chi connectivity index (χ2v) is 13.9. The van der Waals surface area contributed by atoms with Crippen molar-refractivity contribution in [3.05, 3.63) is 162 Å². The van der Waals surface area contributed by atoms with Crippen molar-refractivity contribution in [2.75, 3.05) is 4.90 Å². The molecule has 55 heavy (non-hydrogen) atoms. The molecule has 6 aromatic carbocycles. The Labute approximate surface area is 318 Å². The Bertz CT molecular complexity index is 2620. The van der Waals surface area contributed by atoms with Crippen LogP contribution in [-0.4, -0.2) is 27.4 Å². The van der Waals surface area contributed by atoms with Gasteiger partial charge in [-0.05, 0) is 109 Å². The summed E-state index contributed by atoms with van der Waals surface area (Å²) in [5.74, 6) is 0. The van der Waals surface area contributed by atoms with E-state index in [0.717, 1.165) is 84.1 Å². The molecule has 0 amide bonds. The van der Waals surface area contributed by atoms with Gasteiger partial charge in [-0.25, -0.2) is 15.0 Å². The third kappa shape index (κ3) is 5.79. The van der Waals surface area contributed by atoms with Crippen molar-refractivity contribution < 1.29 is 0 Å². The molecule has 0 atom stereocenters. The van der Waals surface area contributed by atoms with Gasteiger partial charge in [0.1, 0.15) is 0 Å². The maximum Gasteiger partial charge on any atom is 0.210 e. The molecule has 10 nitrogen and oxygen atoms in total. The molecule has 3 aromatic heterocycles. The lowest BCUT2D eigenvalue weighted by Gasteiger charge is -2.25. The monoisotopic (exact) mass is 722 g/mol. The molecule has 0 N–H and O–H groups in total. The standard InChI is InChI=1S/C45H42N10/c1-49-37-13-7-8-14-38(37)50(2)43(49)46-31-19-25-34(26-20-31)55(35-27-21-32(22-28-35)47-44-51(3)39-15-9-10-16-40(39)52(44)4)36-29-23-33(24-30-36)48-45-53(5)41-17-11-12-18-42(41)54(45)6/h7-30H,1-6H3. The van der Waals surface area contributed by atoms with Gasteiger partial charge in [-0.3, -0.25) is 0 Å². The summed E-state index contributed by atoms with van der Waals surface area (Å²) in [6.07, 6.45) is 0. The summed E-state index contributed by atoms with van der Waals surface area (Å²) in [6, 6.07) is 50.3. The molecule has 0 aliphatic heterocycles. The van der Waals surface area contributed by atoms with Crippen LogP contribution in [0.2, 0.25) is 0 Å². The molecule has 10 heteroatoms. The molecule has 0 spiro atoms. The van der Waals surface area contributed by atoms with Gasteiger partial charge < -0.3 is 32.3 Å². The van der Waals surface area contributed by atoms with Crippen LogP contribution in [0.1, 0.15) is 0 Å². The minimum Gasteiger partial charge on any atom is -0.313 e. The maximum atomic E-state index is 5.06. The molecule has 9 aromatic rings. The summed E-state index contributed by atoms with van der Waals surface area (Å²) in [5, 5.41) is 0. The summed E-state index contributed by atoms with van der Waals surface area (Å²) in [6.45, 7) is 0. The van der Waals surface area contributed by atoms with E-state index in [1.165, 1.54) is 0 Å². The van der Waals surface area contributed by atoms with Crippen molar-refractivity contribution in [2.24, 2.45) is 57.3 Å². The fraction of sp³-hybridized carbons (Fsp3) is 0.133. The van der Waals surface area contributed by atoms with E-state index in [0.29, 0.717) is 0 Å². The Morgan fingerprint density at radius 3 is 0.691 bits per heavy atom. The lowest BCUT2D eigenvalue weighted by Crippen LogP contribution is -2.21. The van der Waals surface area contributed by atoms with Gasteiger partial charge in [-0.1, -0.05) is 36.4 Å². The van der Waals surface area contributed by atoms with Gasteiger partial charge in [-0.15, -0.1) is 0 Å². The average Bonchev–Trinajstić information content (AvgIpc) is 3.72. The fourth-order valence-electron chi connectivity index (χ4n) is 7.69. The van der Waals surface area contributed by atoms with Crippen LogP contribution in [0.4, 0.5) is 34.1 Å². The number of para-hydroxylation sites is 6. The largest absolute Gasteiger partial charge is 0.313 e. The Hall–Kier alpha value is -7.07. The van der Waals surface area contributed by atoms with E-state index >= 15 is 0 Å². The predicted octanol–water partition coefficient (Wildman–Crippen LogP) is 8.34. The number of fused-ring (bicyclic) bond motifs is 3. The van der Waals surface area contributed by atoms with Crippen molar-refractivity contribution in [2.45, 2.75) is 0 Å². The lowest BCUT2D eigenvalue weighted by atomic mass is 10.1. The highest BCUT2D eigenvalue weighted by molar-refractivity contribution is 5.80. The van der Waals surface area contributed by atoms with Gasteiger partial charge in [-0.2, -0.15) is 0 Å². The zero-order valence-electron chi connectivity index (χ0n) is 31.8. The third-order valence-corrected chi connectivity index (χ3v) is 10.6. The maximum absolute atomic E-state index is 5.06. The van der Waals surface area contributed by atoms with Gasteiger partial charge >= 0.3 is 0 Å². The quantitative estimate of drug-likeness (QED) is 0.170. The summed E-state index contributed by atoms with van der Waals surface area (Å²) in [5.41, 5.74) is 15.1. The highest BCUT2D eigenvalue weighted by Crippen LogP contribution is 2.37. The first kappa shape index (κ1) is 33.7. The molecule has 3 heterocycles. The molecular formula is C45H42N10. The van der Waals surface area contributed by atoms with Crippen molar-refractivity contribution in [1.82, 2.24) is 27.4 Å². The Kier molecular flexibility index (Phi) is 8.23. The van der Waals surface area contributed by atoms with Gasteiger partial charge in [0.05, 0.1) is 50.2 Å². The minimum absolute atomic E-state index is 0.874. The van der Waals surface area contributed by atoms with E-state index in [4.69, 9.17) is 15.0 Å². The number of aromatic nitrogens is 6. The molecule has 0 saturated heterocycles. The topological polar surface area (TPSA) is 69.9 Å². The van der Waals surface area contributed by atoms with Crippen LogP contribution in [0.5, 0.6) is 0 Å². The fourth-order valence-corrected chi connectivity index (χ4v) is 7.69. The van der Waals surface area contributed by atoms with Gasteiger partial charge in [0.15, 0.2) is 0 Å². The molecule has 0 aliphatic carbocycles. The number of aryl methyl sites for hydroxylation is 6. The average molecular weight is 723 g/mol. The van der Waals surface area contributed by atoms with E-state index in [1.54, 1.807) is 0 Å². The first-order valence-electron chi connectivity index (χ1n) is 18.3. The number of hydrogen-bond acceptors (Lipinski definition) is 4. The number of anilines is 3. The Morgan fingerprint density at radius 2 is 0.491 bits per heavy atom. The Morgan fingerprint density at radius 1 is 0.291 bits per heavy atom. The number of hydrogen-bond donors (Lipinski definition) is 0. The SMILES string of the molecule is Cn1c(=Nc2ccc(N(c3ccc(N=c4n(C)c5ccccc5n4C)cc3)c3ccc(N=c4n(C)c5ccccc5n4C)cc3)cc2)n(C)c2ccccc21. The summed E-state index contributed by atoms with van der Waals surface area (Å²) in [7, 11) is 12.4. The number of nitrogens with zero attached hydrogens (tertiary/aromatic N) is 10. The summed E-state index contributed by atoms with van der Waals surface area (Å²) >= 11 is 0. The zero-order chi connectivity index (χ0) is 37.8. The van der Waals surface area contributed by atoms with E-state index in [-0.39, 0.29) is 0 Å². The van der Waals surface area contributed by atoms with E-state index in [2.05, 4.69) is 220 Å². The molecule has 0 aliphatic rings. The van der Waals surface area contributed by atoms with E-state index in [9.17, 15) is 0 Å². The van der Waals surface area contributed by atoms with Crippen LogP contribution >= 0.6 is 0 Å². The zero-order valence-corrected chi connectivity index (χ0v) is 31.8. The summed E-state index contributed by atoms with van der Waals surface area (Å²) in [4.78, 5) is 17.4. The lowest BCUT2D eigenvalue weighted by molar-refractivity contribution is 0.764. The van der Waals surface area contributed by atoms with Gasteiger partial charge in [0.25, 0.3) is 0 Å². The highest BCUT2D eigenvalue weighted by Gasteiger charge is 2.14. The highest BCUT2D eigenvalue weighted by atomic mass is 15.2. The van der Waals surface area contributed by atoms with Crippen LogP contribution in [-0.2, 0) is 42.3 Å². The van der Waals surface area contributed by atoms with E-state index in [1.807, 2.05) is 0 Å². The predicted molar refractivity (Wildman–Crippen MR) is 222 cm³/mol. The van der Waals surface area contributed by atoms with Crippen molar-refractivity contribution in [1.29, 1.82) is 0 Å². The van der Waals surface area contributed by atoms with Crippen molar-refractivity contribution in [3.63, 3.8) is 0 Å². The molecule has 0 unspecified atom stereocenters. The summed E-state index contributed by atoms with van der Waals surface area (Å²) < 4.78 is 12.8. The van der Waals surface area contributed by atoms with Crippen LogP contribution in [0.25, 0.3) is 33.1 Å². The normalized spacial score (nSPS) is 11.5. The van der Waals surface area contributed by atoms with Crippen LogP contribution < -0.4 is 21.8 Å². The molecule has 0 radical (unpaired) electrons. The van der Waals surface area contributed by atoms with Crippen LogP contribution in [0, 0.1) is 0 Å². The van der Waals surface area contributed by atoms with Gasteiger partial charge in [0, 0.05) is 59.3 Å². The second-order valence-electron chi connectivity index (χ2n) is 13.9. The smallest absolute Gasteiger partial charge is 0.210 e. The van der Waals surface area contributed by atoms with Crippen molar-refractivity contribution in [3.8, 4) is 0 Å². The molecule has 9 rings (SSSR count). The van der Waals surface area contributed by atoms with Crippen LogP contribution in [0.15, 0.2) is 161 Å². The number of imidazole rings is 3. The van der Waals surface area contributed by atoms with Crippen molar-refractivity contribution >= 4 is 67.2 Å². The molecule has 0 bridgehead atoms. The Balaban J connectivity index is 1.11. The molecule has 272 valence electrons. The molecular weight excluding hydrogens is 681 g/mol. The molecule has 0 fully saturated rings. The third-order valence-electron chi connectivity index (χ3n) is 10.6. The van der Waals surface area contributed by atoms with Crippen LogP contribution in [0.3, 0.4) is 0 Å². The second kappa shape index (κ2) is 13.4. The first-order valence-corrected chi connectivity index (χ1v) is 18.3. The molecule has 0 saturated carbocycles. The van der Waals surface area contributed by atoms with Gasteiger partial charge in [0.2, 0.25) is 16.9 Å². The minimum atomic E-state index is 0.874. The number of rotatable bonds is 6. The number of benzene rings is 6. The first-order chi connectivity index (χ1) is 26.8. The van der Waals surface area contributed by atoms with E-state index < -0.39 is 0 Å².